The number of carbonyl (C=O) groups excluding carboxylic acids is 1. The Bertz CT molecular complexity index is 157. The van der Waals surface area contributed by atoms with E-state index >= 15 is 0 Å². The maximum absolute atomic E-state index is 10.8. The molecule has 0 fully saturated rings. The molecule has 0 saturated carbocycles. The van der Waals surface area contributed by atoms with Crippen LogP contribution in [0.15, 0.2) is 0 Å². The van der Waals surface area contributed by atoms with Crippen molar-refractivity contribution >= 4 is 13.7 Å². The van der Waals surface area contributed by atoms with Gasteiger partial charge in [-0.3, -0.25) is 0 Å². The molecule has 4 nitrogen and oxygen atoms in total. The van der Waals surface area contributed by atoms with Crippen molar-refractivity contribution in [3.63, 3.8) is 0 Å². The molecule has 1 unspecified atom stereocenters. The first kappa shape index (κ1) is 11.5. The lowest BCUT2D eigenvalue weighted by atomic mass is 10.4. The summed E-state index contributed by atoms with van der Waals surface area (Å²) in [5.41, 5.74) is -0.750. The second-order valence-corrected chi connectivity index (χ2v) is 3.28. The highest BCUT2D eigenvalue weighted by Gasteiger charge is 2.32. The summed E-state index contributed by atoms with van der Waals surface area (Å²) >= 11 is 0. The lowest BCUT2D eigenvalue weighted by Crippen LogP contribution is -2.00. The third kappa shape index (κ3) is 5.22. The molecule has 5 heteroatoms. The standard InChI is InChI=1S/C7H14O4P/c1-3-5-6-10-7(8)12(9)11-4-2/h3-6H2,1-2H3/q+1. The summed E-state index contributed by atoms with van der Waals surface area (Å²) in [5.74, 6) is 0. The minimum absolute atomic E-state index is 0.262. The van der Waals surface area contributed by atoms with Gasteiger partial charge in [0.1, 0.15) is 6.61 Å². The summed E-state index contributed by atoms with van der Waals surface area (Å²) < 4.78 is 20.0. The highest BCUT2D eigenvalue weighted by molar-refractivity contribution is 7.58. The molecule has 0 aliphatic rings. The van der Waals surface area contributed by atoms with E-state index in [0.29, 0.717) is 6.61 Å². The largest absolute Gasteiger partial charge is 0.636 e. The van der Waals surface area contributed by atoms with E-state index < -0.39 is 13.7 Å². The van der Waals surface area contributed by atoms with Gasteiger partial charge in [-0.15, -0.1) is 4.52 Å². The number of ether oxygens (including phenoxy) is 1. The number of hydrogen-bond acceptors (Lipinski definition) is 4. The molecule has 0 aromatic carbocycles. The van der Waals surface area contributed by atoms with Crippen LogP contribution in [0.5, 0.6) is 0 Å². The SMILES string of the molecule is CCCCOC(=O)[P+](=O)OCC. The second kappa shape index (κ2) is 7.19. The Balaban J connectivity index is 3.50. The van der Waals surface area contributed by atoms with E-state index in [0.717, 1.165) is 12.8 Å². The predicted octanol–water partition coefficient (Wildman–Crippen LogP) is 2.70. The summed E-state index contributed by atoms with van der Waals surface area (Å²) in [6.07, 6.45) is 1.74. The maximum Gasteiger partial charge on any atom is 0.636 e. The third-order valence-electron chi connectivity index (χ3n) is 1.12. The zero-order chi connectivity index (χ0) is 9.40. The second-order valence-electron chi connectivity index (χ2n) is 2.14. The first-order chi connectivity index (χ1) is 5.72. The number of rotatable bonds is 6. The van der Waals surface area contributed by atoms with Crippen molar-refractivity contribution in [1.82, 2.24) is 0 Å². The molecule has 0 heterocycles. The van der Waals surface area contributed by atoms with Crippen molar-refractivity contribution in [2.45, 2.75) is 26.7 Å². The van der Waals surface area contributed by atoms with Gasteiger partial charge in [0.2, 0.25) is 0 Å². The fourth-order valence-corrected chi connectivity index (χ4v) is 1.06. The molecule has 12 heavy (non-hydrogen) atoms. The fourth-order valence-electron chi connectivity index (χ4n) is 0.526. The van der Waals surface area contributed by atoms with Gasteiger partial charge in [-0.1, -0.05) is 13.3 Å². The molecule has 0 radical (unpaired) electrons. The first-order valence-corrected chi connectivity index (χ1v) is 5.17. The molecule has 1 atom stereocenters. The molecule has 0 bridgehead atoms. The molecule has 0 spiro atoms. The van der Waals surface area contributed by atoms with E-state index in [-0.39, 0.29) is 6.61 Å². The van der Waals surface area contributed by atoms with Gasteiger partial charge in [0.15, 0.2) is 0 Å². The van der Waals surface area contributed by atoms with Gasteiger partial charge < -0.3 is 4.74 Å². The van der Waals surface area contributed by atoms with Gasteiger partial charge in [-0.25, -0.2) is 0 Å². The summed E-state index contributed by atoms with van der Waals surface area (Å²) in [5, 5.41) is 0. The molecule has 0 aromatic rings. The summed E-state index contributed by atoms with van der Waals surface area (Å²) in [7, 11) is -2.27. The van der Waals surface area contributed by atoms with E-state index in [2.05, 4.69) is 9.26 Å². The Morgan fingerprint density at radius 2 is 2.08 bits per heavy atom. The highest BCUT2D eigenvalue weighted by Crippen LogP contribution is 2.24. The van der Waals surface area contributed by atoms with Gasteiger partial charge in [0.25, 0.3) is 0 Å². The van der Waals surface area contributed by atoms with Gasteiger partial charge in [-0.2, -0.15) is 4.79 Å². The zero-order valence-corrected chi connectivity index (χ0v) is 8.30. The van der Waals surface area contributed by atoms with Crippen molar-refractivity contribution in [2.24, 2.45) is 0 Å². The Kier molecular flexibility index (Phi) is 6.91. The molecular weight excluding hydrogens is 179 g/mol. The Morgan fingerprint density at radius 3 is 2.58 bits per heavy atom. The number of hydrogen-bond donors (Lipinski definition) is 0. The van der Waals surface area contributed by atoms with Crippen molar-refractivity contribution in [3.05, 3.63) is 0 Å². The van der Waals surface area contributed by atoms with Crippen LogP contribution in [-0.2, 0) is 13.8 Å². The summed E-state index contributed by atoms with van der Waals surface area (Å²) in [6.45, 7) is 4.24. The maximum atomic E-state index is 10.8. The van der Waals surface area contributed by atoms with E-state index in [9.17, 15) is 9.36 Å². The number of unbranched alkanes of at least 4 members (excludes halogenated alkanes) is 1. The first-order valence-electron chi connectivity index (χ1n) is 3.99. The summed E-state index contributed by atoms with van der Waals surface area (Å²) in [6, 6.07) is 0. The topological polar surface area (TPSA) is 52.6 Å². The van der Waals surface area contributed by atoms with Crippen molar-refractivity contribution in [2.75, 3.05) is 13.2 Å². The zero-order valence-electron chi connectivity index (χ0n) is 7.41. The van der Waals surface area contributed by atoms with Gasteiger partial charge in [0.05, 0.1) is 6.61 Å². The molecule has 70 valence electrons. The molecular formula is C7H14O4P+. The Hall–Kier alpha value is -0.470. The van der Waals surface area contributed by atoms with Crippen LogP contribution in [0.25, 0.3) is 0 Å². The monoisotopic (exact) mass is 193 g/mol. The molecule has 0 amide bonds. The highest BCUT2D eigenvalue weighted by atomic mass is 31.1. The lowest BCUT2D eigenvalue weighted by molar-refractivity contribution is 0.166. The molecule has 0 saturated heterocycles. The lowest BCUT2D eigenvalue weighted by Gasteiger charge is -1.93. The average Bonchev–Trinajstić information content (AvgIpc) is 2.05. The van der Waals surface area contributed by atoms with Gasteiger partial charge >= 0.3 is 13.7 Å². The van der Waals surface area contributed by atoms with Crippen molar-refractivity contribution in [1.29, 1.82) is 0 Å². The van der Waals surface area contributed by atoms with Crippen molar-refractivity contribution in [3.8, 4) is 0 Å². The van der Waals surface area contributed by atoms with Crippen LogP contribution >= 0.6 is 8.03 Å². The van der Waals surface area contributed by atoms with E-state index in [1.807, 2.05) is 6.92 Å². The minimum atomic E-state index is -2.27. The molecule has 0 N–H and O–H groups in total. The molecule has 0 aliphatic carbocycles. The Labute approximate surface area is 73.1 Å². The van der Waals surface area contributed by atoms with E-state index in [1.165, 1.54) is 0 Å². The predicted molar refractivity (Wildman–Crippen MR) is 45.5 cm³/mol. The smallest absolute Gasteiger partial charge is 0.425 e. The Morgan fingerprint density at radius 1 is 1.42 bits per heavy atom. The van der Waals surface area contributed by atoms with Crippen LogP contribution in [0, 0.1) is 0 Å². The molecule has 0 aromatic heterocycles. The molecule has 0 rings (SSSR count). The normalized spacial score (nSPS) is 11.0. The van der Waals surface area contributed by atoms with E-state index in [1.54, 1.807) is 6.92 Å². The third-order valence-corrected chi connectivity index (χ3v) is 2.04. The number of carbonyl (C=O) groups is 1. The van der Waals surface area contributed by atoms with Gasteiger partial charge in [-0.05, 0) is 17.9 Å². The van der Waals surface area contributed by atoms with Crippen LogP contribution in [0.4, 0.5) is 4.79 Å². The van der Waals surface area contributed by atoms with Crippen LogP contribution in [-0.4, -0.2) is 18.9 Å². The van der Waals surface area contributed by atoms with Gasteiger partial charge in [0, 0.05) is 0 Å². The van der Waals surface area contributed by atoms with Crippen LogP contribution < -0.4 is 0 Å². The van der Waals surface area contributed by atoms with Crippen LogP contribution in [0.1, 0.15) is 26.7 Å². The molecule has 0 aliphatic heterocycles. The van der Waals surface area contributed by atoms with Crippen LogP contribution in [0.2, 0.25) is 0 Å². The van der Waals surface area contributed by atoms with E-state index in [4.69, 9.17) is 0 Å². The fraction of sp³-hybridized carbons (Fsp3) is 0.857. The summed E-state index contributed by atoms with van der Waals surface area (Å²) in [4.78, 5) is 10.8. The average molecular weight is 193 g/mol. The quantitative estimate of drug-likeness (QED) is 0.480. The minimum Gasteiger partial charge on any atom is -0.425 e. The van der Waals surface area contributed by atoms with Crippen molar-refractivity contribution < 1.29 is 18.6 Å². The van der Waals surface area contributed by atoms with Crippen LogP contribution in [0.3, 0.4) is 0 Å².